The van der Waals surface area contributed by atoms with E-state index in [9.17, 15) is 4.79 Å². The van der Waals surface area contributed by atoms with Crippen molar-refractivity contribution in [3.8, 4) is 11.8 Å². The van der Waals surface area contributed by atoms with Gasteiger partial charge in [0.1, 0.15) is 5.75 Å². The lowest BCUT2D eigenvalue weighted by molar-refractivity contribution is -0.124. The first-order valence-electron chi connectivity index (χ1n) is 5.93. The van der Waals surface area contributed by atoms with E-state index < -0.39 is 5.91 Å². The van der Waals surface area contributed by atoms with E-state index in [1.807, 2.05) is 38.1 Å². The Labute approximate surface area is 108 Å². The molecule has 4 heteroatoms. The Morgan fingerprint density at radius 2 is 2.00 bits per heavy atom. The van der Waals surface area contributed by atoms with Crippen molar-refractivity contribution in [3.05, 3.63) is 29.8 Å². The van der Waals surface area contributed by atoms with Crippen LogP contribution in [-0.4, -0.2) is 30.5 Å². The predicted octanol–water partition coefficient (Wildman–Crippen LogP) is 2.00. The van der Waals surface area contributed by atoms with Gasteiger partial charge in [-0.1, -0.05) is 12.1 Å². The first kappa shape index (κ1) is 14.0. The summed E-state index contributed by atoms with van der Waals surface area (Å²) in [6, 6.07) is 9.38. The van der Waals surface area contributed by atoms with E-state index in [4.69, 9.17) is 10.00 Å². The Hall–Kier alpha value is -2.02. The number of hydrogen-bond donors (Lipinski definition) is 0. The fraction of sp³-hybridized carbons (Fsp3) is 0.429. The van der Waals surface area contributed by atoms with Gasteiger partial charge in [-0.25, -0.2) is 0 Å². The molecule has 18 heavy (non-hydrogen) atoms. The van der Waals surface area contributed by atoms with Crippen molar-refractivity contribution in [3.63, 3.8) is 0 Å². The Kier molecular flexibility index (Phi) is 5.19. The van der Waals surface area contributed by atoms with Crippen LogP contribution in [0.2, 0.25) is 0 Å². The Morgan fingerprint density at radius 1 is 1.39 bits per heavy atom. The smallest absolute Gasteiger partial charge is 0.324 e. The number of benzene rings is 1. The number of likely N-dealkylation sites (N-methyl/N-ethyl adjacent to an activating group) is 1. The van der Waals surface area contributed by atoms with Gasteiger partial charge < -0.3 is 9.64 Å². The number of nitrogens with zero attached hydrogens (tertiary/aromatic N) is 2. The normalized spacial score (nSPS) is 9.94. The summed E-state index contributed by atoms with van der Waals surface area (Å²) in [5.74, 6) is 0.338. The highest BCUT2D eigenvalue weighted by Crippen LogP contribution is 2.14. The number of carbonyl (C=O) groups is 1. The van der Waals surface area contributed by atoms with Crippen LogP contribution in [0.15, 0.2) is 24.3 Å². The number of rotatable bonds is 5. The summed E-state index contributed by atoms with van der Waals surface area (Å²) >= 11 is 0. The van der Waals surface area contributed by atoms with E-state index in [1.54, 1.807) is 13.1 Å². The zero-order valence-electron chi connectivity index (χ0n) is 11.0. The van der Waals surface area contributed by atoms with E-state index >= 15 is 0 Å². The maximum absolute atomic E-state index is 11.1. The van der Waals surface area contributed by atoms with Gasteiger partial charge in [-0.2, -0.15) is 5.26 Å². The van der Waals surface area contributed by atoms with Gasteiger partial charge in [0.15, 0.2) is 6.07 Å². The molecular formula is C14H18N2O2. The van der Waals surface area contributed by atoms with Crippen molar-refractivity contribution >= 4 is 5.91 Å². The third-order valence-corrected chi connectivity index (χ3v) is 2.47. The molecule has 1 rings (SSSR count). The van der Waals surface area contributed by atoms with Crippen molar-refractivity contribution in [2.45, 2.75) is 26.4 Å². The van der Waals surface area contributed by atoms with Crippen LogP contribution in [0.3, 0.4) is 0 Å². The van der Waals surface area contributed by atoms with Crippen LogP contribution in [0, 0.1) is 11.3 Å². The molecule has 1 aromatic rings. The number of hydrogen-bond acceptors (Lipinski definition) is 3. The Morgan fingerprint density at radius 3 is 2.50 bits per heavy atom. The van der Waals surface area contributed by atoms with Gasteiger partial charge in [-0.3, -0.25) is 4.79 Å². The lowest BCUT2D eigenvalue weighted by Crippen LogP contribution is -2.27. The molecule has 0 spiro atoms. The number of carbonyl (C=O) groups excluding carboxylic acids is 1. The third-order valence-electron chi connectivity index (χ3n) is 2.47. The molecule has 0 aliphatic carbocycles. The quantitative estimate of drug-likeness (QED) is 0.747. The van der Waals surface area contributed by atoms with Crippen LogP contribution in [0.4, 0.5) is 0 Å². The molecule has 0 unspecified atom stereocenters. The molecule has 1 aromatic carbocycles. The van der Waals surface area contributed by atoms with Crippen LogP contribution in [0.5, 0.6) is 5.75 Å². The second-order valence-electron chi connectivity index (χ2n) is 4.40. The van der Waals surface area contributed by atoms with E-state index in [1.165, 1.54) is 4.90 Å². The summed E-state index contributed by atoms with van der Waals surface area (Å²) in [5.41, 5.74) is 1.11. The summed E-state index contributed by atoms with van der Waals surface area (Å²) in [5, 5.41) is 8.46. The van der Waals surface area contributed by atoms with Crippen molar-refractivity contribution < 1.29 is 9.53 Å². The Balaban J connectivity index is 2.49. The predicted molar refractivity (Wildman–Crippen MR) is 69.2 cm³/mol. The van der Waals surface area contributed by atoms with Crippen LogP contribution in [0.1, 0.15) is 19.4 Å². The van der Waals surface area contributed by atoms with Crippen molar-refractivity contribution in [1.82, 2.24) is 4.90 Å². The molecule has 1 amide bonds. The third kappa shape index (κ3) is 4.46. The molecule has 0 N–H and O–H groups in total. The van der Waals surface area contributed by atoms with Crippen LogP contribution in [0.25, 0.3) is 0 Å². The zero-order chi connectivity index (χ0) is 13.5. The number of ether oxygens (including phenoxy) is 1. The Bertz CT molecular complexity index is 432. The van der Waals surface area contributed by atoms with Gasteiger partial charge in [0.2, 0.25) is 0 Å². The standard InChI is InChI=1S/C14H18N2O2/c1-11(2)18-13-6-4-12(5-7-13)8-9-16(3)14(17)10-15/h4-7,11H,8-9H2,1-3H3. The largest absolute Gasteiger partial charge is 0.491 e. The molecule has 0 heterocycles. The van der Waals surface area contributed by atoms with E-state index in [2.05, 4.69) is 0 Å². The average molecular weight is 246 g/mol. The fourth-order valence-electron chi connectivity index (χ4n) is 1.49. The molecule has 0 bridgehead atoms. The molecule has 4 nitrogen and oxygen atoms in total. The van der Waals surface area contributed by atoms with E-state index in [0.717, 1.165) is 17.7 Å². The van der Waals surface area contributed by atoms with Gasteiger partial charge in [0, 0.05) is 13.6 Å². The molecule has 0 saturated heterocycles. The van der Waals surface area contributed by atoms with Gasteiger partial charge in [0.25, 0.3) is 0 Å². The summed E-state index contributed by atoms with van der Waals surface area (Å²) in [6.45, 7) is 4.50. The number of nitriles is 1. The SMILES string of the molecule is CC(C)Oc1ccc(CCN(C)C(=O)C#N)cc1. The highest BCUT2D eigenvalue weighted by Gasteiger charge is 2.06. The number of amides is 1. The minimum absolute atomic E-state index is 0.162. The molecule has 0 aliphatic heterocycles. The average Bonchev–Trinajstić information content (AvgIpc) is 2.36. The van der Waals surface area contributed by atoms with E-state index in [0.29, 0.717) is 6.54 Å². The van der Waals surface area contributed by atoms with Crippen molar-refractivity contribution in [1.29, 1.82) is 5.26 Å². The highest BCUT2D eigenvalue weighted by molar-refractivity contribution is 5.90. The molecule has 0 radical (unpaired) electrons. The molecule has 0 fully saturated rings. The summed E-state index contributed by atoms with van der Waals surface area (Å²) < 4.78 is 5.54. The van der Waals surface area contributed by atoms with Gasteiger partial charge in [-0.05, 0) is 38.0 Å². The molecular weight excluding hydrogens is 228 g/mol. The molecule has 0 aliphatic rings. The first-order chi connectivity index (χ1) is 8.52. The lowest BCUT2D eigenvalue weighted by atomic mass is 10.1. The zero-order valence-corrected chi connectivity index (χ0v) is 11.0. The monoisotopic (exact) mass is 246 g/mol. The molecule has 0 saturated carbocycles. The topological polar surface area (TPSA) is 53.3 Å². The highest BCUT2D eigenvalue weighted by atomic mass is 16.5. The molecule has 0 atom stereocenters. The fourth-order valence-corrected chi connectivity index (χ4v) is 1.49. The van der Waals surface area contributed by atoms with Gasteiger partial charge in [-0.15, -0.1) is 0 Å². The first-order valence-corrected chi connectivity index (χ1v) is 5.93. The summed E-state index contributed by atoms with van der Waals surface area (Å²) in [4.78, 5) is 12.5. The molecule has 96 valence electrons. The second-order valence-corrected chi connectivity index (χ2v) is 4.40. The van der Waals surface area contributed by atoms with Crippen molar-refractivity contribution in [2.75, 3.05) is 13.6 Å². The minimum Gasteiger partial charge on any atom is -0.491 e. The minimum atomic E-state index is -0.505. The van der Waals surface area contributed by atoms with E-state index in [-0.39, 0.29) is 6.10 Å². The summed E-state index contributed by atoms with van der Waals surface area (Å²) in [7, 11) is 1.63. The van der Waals surface area contributed by atoms with Crippen LogP contribution < -0.4 is 4.74 Å². The lowest BCUT2D eigenvalue weighted by Gasteiger charge is -2.13. The summed E-state index contributed by atoms with van der Waals surface area (Å²) in [6.07, 6.45) is 0.890. The van der Waals surface area contributed by atoms with Crippen LogP contribution in [-0.2, 0) is 11.2 Å². The second kappa shape index (κ2) is 6.65. The van der Waals surface area contributed by atoms with Gasteiger partial charge >= 0.3 is 5.91 Å². The maximum atomic E-state index is 11.1. The van der Waals surface area contributed by atoms with Crippen LogP contribution >= 0.6 is 0 Å². The van der Waals surface area contributed by atoms with Crippen molar-refractivity contribution in [2.24, 2.45) is 0 Å². The molecule has 0 aromatic heterocycles. The maximum Gasteiger partial charge on any atom is 0.324 e. The van der Waals surface area contributed by atoms with Gasteiger partial charge in [0.05, 0.1) is 6.10 Å².